The van der Waals surface area contributed by atoms with Gasteiger partial charge < -0.3 is 19.5 Å². The molecule has 2 rings (SSSR count). The second-order valence-corrected chi connectivity index (χ2v) is 5.71. The Hall–Kier alpha value is -3.88. The van der Waals surface area contributed by atoms with Crippen molar-refractivity contribution in [1.29, 1.82) is 0 Å². The normalized spacial score (nSPS) is 10.4. The first-order valence-electron chi connectivity index (χ1n) is 8.45. The van der Waals surface area contributed by atoms with Crippen LogP contribution in [0.5, 0.6) is 17.2 Å². The van der Waals surface area contributed by atoms with Gasteiger partial charge in [-0.15, -0.1) is 0 Å². The first-order valence-corrected chi connectivity index (χ1v) is 8.45. The van der Waals surface area contributed by atoms with Gasteiger partial charge in [0.15, 0.2) is 23.9 Å². The van der Waals surface area contributed by atoms with E-state index in [4.69, 9.17) is 14.2 Å². The molecule has 1 N–H and O–H groups in total. The molecule has 152 valence electrons. The lowest BCUT2D eigenvalue weighted by atomic mass is 10.1. The number of benzene rings is 2. The Morgan fingerprint density at radius 2 is 1.72 bits per heavy atom. The number of nitro groups is 1. The maximum absolute atomic E-state index is 12.4. The minimum absolute atomic E-state index is 0.132. The van der Waals surface area contributed by atoms with Crippen LogP contribution in [0.25, 0.3) is 6.08 Å². The van der Waals surface area contributed by atoms with Gasteiger partial charge in [0.25, 0.3) is 11.6 Å². The van der Waals surface area contributed by atoms with E-state index in [0.29, 0.717) is 17.1 Å². The third-order valence-electron chi connectivity index (χ3n) is 3.93. The van der Waals surface area contributed by atoms with Crippen LogP contribution in [-0.4, -0.2) is 44.5 Å². The average Bonchev–Trinajstić information content (AvgIpc) is 2.75. The second kappa shape index (κ2) is 9.88. The fourth-order valence-corrected chi connectivity index (χ4v) is 2.37. The number of methoxy groups -OCH3 is 2. The number of hydrogen-bond donors (Lipinski definition) is 1. The van der Waals surface area contributed by atoms with Crippen molar-refractivity contribution in [2.24, 2.45) is 0 Å². The van der Waals surface area contributed by atoms with E-state index >= 15 is 0 Å². The highest BCUT2D eigenvalue weighted by Gasteiger charge is 2.18. The van der Waals surface area contributed by atoms with Gasteiger partial charge in [-0.05, 0) is 42.5 Å². The highest BCUT2D eigenvalue weighted by molar-refractivity contribution is 6.07. The molecule has 2 aromatic carbocycles. The number of nitrogens with zero attached hydrogens (tertiary/aromatic N) is 1. The third kappa shape index (κ3) is 5.55. The van der Waals surface area contributed by atoms with E-state index in [1.807, 2.05) is 0 Å². The van der Waals surface area contributed by atoms with E-state index in [-0.39, 0.29) is 35.3 Å². The van der Waals surface area contributed by atoms with Crippen molar-refractivity contribution in [3.63, 3.8) is 0 Å². The molecule has 0 unspecified atom stereocenters. The smallest absolute Gasteiger partial charge is 0.280 e. The van der Waals surface area contributed by atoms with E-state index in [0.717, 1.165) is 0 Å². The first kappa shape index (κ1) is 21.4. The molecule has 0 spiro atoms. The minimum atomic E-state index is -0.565. The standard InChI is InChI=1S/C20H20N2O7/c1-21-20(24)12-29-15-7-4-13(5-8-15)17(23)9-6-14-10-18(27-2)19(28-3)11-16(14)22(25)26/h4-11H,12H2,1-3H3,(H,21,24)/b9-6+. The summed E-state index contributed by atoms with van der Waals surface area (Å²) in [7, 11) is 4.29. The van der Waals surface area contributed by atoms with Crippen LogP contribution in [0.1, 0.15) is 15.9 Å². The summed E-state index contributed by atoms with van der Waals surface area (Å²) in [6.45, 7) is -0.132. The Morgan fingerprint density at radius 1 is 1.10 bits per heavy atom. The van der Waals surface area contributed by atoms with Crippen LogP contribution in [0, 0.1) is 10.1 Å². The minimum Gasteiger partial charge on any atom is -0.493 e. The molecular weight excluding hydrogens is 380 g/mol. The molecule has 9 heteroatoms. The summed E-state index contributed by atoms with van der Waals surface area (Å²) in [5.41, 5.74) is 0.341. The molecule has 0 saturated carbocycles. The molecule has 0 aliphatic carbocycles. The number of carbonyl (C=O) groups excluding carboxylic acids is 2. The molecule has 0 aromatic heterocycles. The summed E-state index contributed by atoms with van der Waals surface area (Å²) < 4.78 is 15.5. The second-order valence-electron chi connectivity index (χ2n) is 5.71. The predicted molar refractivity (Wildman–Crippen MR) is 106 cm³/mol. The van der Waals surface area contributed by atoms with Crippen molar-refractivity contribution in [1.82, 2.24) is 5.32 Å². The van der Waals surface area contributed by atoms with Crippen LogP contribution in [0.15, 0.2) is 42.5 Å². The Labute approximate surface area is 167 Å². The number of hydrogen-bond acceptors (Lipinski definition) is 7. The molecule has 0 aliphatic heterocycles. The summed E-state index contributed by atoms with van der Waals surface area (Å²) in [5.74, 6) is 0.332. The molecule has 0 radical (unpaired) electrons. The van der Waals surface area contributed by atoms with Gasteiger partial charge in [-0.2, -0.15) is 0 Å². The van der Waals surface area contributed by atoms with Gasteiger partial charge in [0.05, 0.1) is 30.8 Å². The van der Waals surface area contributed by atoms with Crippen molar-refractivity contribution in [3.05, 3.63) is 63.7 Å². The van der Waals surface area contributed by atoms with Gasteiger partial charge in [-0.1, -0.05) is 0 Å². The van der Waals surface area contributed by atoms with Crippen molar-refractivity contribution >= 4 is 23.5 Å². The van der Waals surface area contributed by atoms with Crippen LogP contribution >= 0.6 is 0 Å². The summed E-state index contributed by atoms with van der Waals surface area (Å²) in [6.07, 6.45) is 2.58. The number of likely N-dealkylation sites (N-methyl/N-ethyl adjacent to an activating group) is 1. The molecule has 0 heterocycles. The molecule has 1 amide bonds. The van der Waals surface area contributed by atoms with Gasteiger partial charge in [0.2, 0.25) is 0 Å². The fourth-order valence-electron chi connectivity index (χ4n) is 2.37. The van der Waals surface area contributed by atoms with E-state index in [1.54, 1.807) is 12.1 Å². The van der Waals surface area contributed by atoms with Crippen LogP contribution in [0.4, 0.5) is 5.69 Å². The summed E-state index contributed by atoms with van der Waals surface area (Å²) in [5, 5.41) is 13.8. The molecule has 9 nitrogen and oxygen atoms in total. The highest BCUT2D eigenvalue weighted by atomic mass is 16.6. The van der Waals surface area contributed by atoms with Crippen LogP contribution < -0.4 is 19.5 Å². The quantitative estimate of drug-likeness (QED) is 0.298. The Bertz CT molecular complexity index is 937. The number of ketones is 1. The third-order valence-corrected chi connectivity index (χ3v) is 3.93. The predicted octanol–water partition coefficient (Wildman–Crippen LogP) is 2.63. The van der Waals surface area contributed by atoms with Gasteiger partial charge in [-0.25, -0.2) is 0 Å². The van der Waals surface area contributed by atoms with Crippen molar-refractivity contribution in [2.45, 2.75) is 0 Å². The Kier molecular flexibility index (Phi) is 7.30. The topological polar surface area (TPSA) is 117 Å². The summed E-state index contributed by atoms with van der Waals surface area (Å²) in [6, 6.07) is 8.85. The SMILES string of the molecule is CNC(=O)COc1ccc(C(=O)/C=C/c2cc(OC)c(OC)cc2[N+](=O)[O-])cc1. The van der Waals surface area contributed by atoms with Gasteiger partial charge in [0.1, 0.15) is 5.75 Å². The number of rotatable bonds is 9. The molecule has 0 saturated heterocycles. The van der Waals surface area contributed by atoms with Gasteiger partial charge in [-0.3, -0.25) is 19.7 Å². The average molecular weight is 400 g/mol. The zero-order chi connectivity index (χ0) is 21.4. The number of allylic oxidation sites excluding steroid dienone is 1. The van der Waals surface area contributed by atoms with Crippen molar-refractivity contribution in [3.8, 4) is 17.2 Å². The number of amides is 1. The molecule has 0 bridgehead atoms. The lowest BCUT2D eigenvalue weighted by molar-refractivity contribution is -0.385. The van der Waals surface area contributed by atoms with Gasteiger partial charge in [0, 0.05) is 12.6 Å². The zero-order valence-corrected chi connectivity index (χ0v) is 16.1. The van der Waals surface area contributed by atoms with Crippen LogP contribution in [0.3, 0.4) is 0 Å². The lowest BCUT2D eigenvalue weighted by Gasteiger charge is -2.08. The van der Waals surface area contributed by atoms with E-state index in [2.05, 4.69) is 5.32 Å². The van der Waals surface area contributed by atoms with Crippen LogP contribution in [0.2, 0.25) is 0 Å². The molecule has 0 fully saturated rings. The van der Waals surface area contributed by atoms with Crippen molar-refractivity contribution in [2.75, 3.05) is 27.9 Å². The molecular formula is C20H20N2O7. The fraction of sp³-hybridized carbons (Fsp3) is 0.200. The summed E-state index contributed by atoms with van der Waals surface area (Å²) in [4.78, 5) is 34.3. The maximum Gasteiger partial charge on any atom is 0.280 e. The molecule has 0 aliphatic rings. The largest absolute Gasteiger partial charge is 0.493 e. The molecule has 2 aromatic rings. The maximum atomic E-state index is 12.4. The number of carbonyl (C=O) groups is 2. The number of nitro benzene ring substituents is 1. The van der Waals surface area contributed by atoms with Gasteiger partial charge >= 0.3 is 0 Å². The highest BCUT2D eigenvalue weighted by Crippen LogP contribution is 2.35. The summed E-state index contributed by atoms with van der Waals surface area (Å²) >= 11 is 0. The van der Waals surface area contributed by atoms with E-state index in [1.165, 1.54) is 57.7 Å². The Balaban J connectivity index is 2.19. The van der Waals surface area contributed by atoms with Crippen LogP contribution in [-0.2, 0) is 4.79 Å². The van der Waals surface area contributed by atoms with E-state index in [9.17, 15) is 19.7 Å². The van der Waals surface area contributed by atoms with Crippen molar-refractivity contribution < 1.29 is 28.7 Å². The number of ether oxygens (including phenoxy) is 3. The Morgan fingerprint density at radius 3 is 2.28 bits per heavy atom. The molecule has 0 atom stereocenters. The first-order chi connectivity index (χ1) is 13.9. The number of nitrogens with one attached hydrogen (secondary N) is 1. The zero-order valence-electron chi connectivity index (χ0n) is 16.1. The molecule has 29 heavy (non-hydrogen) atoms. The lowest BCUT2D eigenvalue weighted by Crippen LogP contribution is -2.24. The monoisotopic (exact) mass is 400 g/mol. The van der Waals surface area contributed by atoms with E-state index < -0.39 is 4.92 Å².